The number of ether oxygens (including phenoxy) is 1. The number of rotatable bonds is 5. The van der Waals surface area contributed by atoms with Gasteiger partial charge >= 0.3 is 0 Å². The molecule has 0 unspecified atom stereocenters. The second-order valence-corrected chi connectivity index (χ2v) is 4.86. The highest BCUT2D eigenvalue weighted by Gasteiger charge is 2.33. The monoisotopic (exact) mass is 228 g/mol. The molecule has 4 heteroatoms. The Bertz CT molecular complexity index is 231. The molecule has 1 amide bonds. The summed E-state index contributed by atoms with van der Waals surface area (Å²) in [5.41, 5.74) is 0. The van der Waals surface area contributed by atoms with Gasteiger partial charge in [0.1, 0.15) is 0 Å². The van der Waals surface area contributed by atoms with Crippen LogP contribution in [0.3, 0.4) is 0 Å². The molecule has 0 aromatic rings. The molecule has 0 aliphatic carbocycles. The Kier molecular flexibility index (Phi) is 5.22. The van der Waals surface area contributed by atoms with Crippen molar-refractivity contribution in [2.75, 3.05) is 33.4 Å². The van der Waals surface area contributed by atoms with E-state index in [2.05, 4.69) is 26.1 Å². The summed E-state index contributed by atoms with van der Waals surface area (Å²) in [6.45, 7) is 9.32. The molecule has 1 heterocycles. The van der Waals surface area contributed by atoms with Crippen LogP contribution in [0.15, 0.2) is 0 Å². The van der Waals surface area contributed by atoms with E-state index in [1.807, 2.05) is 4.90 Å². The predicted molar refractivity (Wildman–Crippen MR) is 64.2 cm³/mol. The maximum atomic E-state index is 12.3. The van der Waals surface area contributed by atoms with Crippen LogP contribution in [0.4, 0.5) is 0 Å². The van der Waals surface area contributed by atoms with Gasteiger partial charge < -0.3 is 15.0 Å². The summed E-state index contributed by atoms with van der Waals surface area (Å²) in [6.07, 6.45) is 0. The fourth-order valence-corrected chi connectivity index (χ4v) is 2.17. The number of hydrogen-bond donors (Lipinski definition) is 1. The van der Waals surface area contributed by atoms with E-state index in [0.29, 0.717) is 19.1 Å². The van der Waals surface area contributed by atoms with Crippen molar-refractivity contribution in [1.29, 1.82) is 0 Å². The van der Waals surface area contributed by atoms with Crippen molar-refractivity contribution in [3.05, 3.63) is 0 Å². The molecule has 0 saturated carbocycles. The van der Waals surface area contributed by atoms with Crippen LogP contribution in [-0.2, 0) is 9.53 Å². The molecule has 1 N–H and O–H groups in total. The molecule has 16 heavy (non-hydrogen) atoms. The molecule has 0 radical (unpaired) electrons. The molecule has 1 aliphatic heterocycles. The summed E-state index contributed by atoms with van der Waals surface area (Å²) in [6, 6.07) is 0.246. The van der Waals surface area contributed by atoms with Gasteiger partial charge in [0.2, 0.25) is 5.91 Å². The first kappa shape index (κ1) is 13.5. The minimum absolute atomic E-state index is 0.138. The largest absolute Gasteiger partial charge is 0.383 e. The molecular formula is C12H24N2O2. The molecule has 94 valence electrons. The maximum absolute atomic E-state index is 12.3. The average Bonchev–Trinajstić information content (AvgIpc) is 2.64. The van der Waals surface area contributed by atoms with Crippen LogP contribution in [0, 0.1) is 11.8 Å². The first-order valence-electron chi connectivity index (χ1n) is 6.08. The highest BCUT2D eigenvalue weighted by molar-refractivity contribution is 5.80. The van der Waals surface area contributed by atoms with E-state index in [4.69, 9.17) is 4.74 Å². The molecule has 4 nitrogen and oxygen atoms in total. The summed E-state index contributed by atoms with van der Waals surface area (Å²) >= 11 is 0. The molecule has 0 spiro atoms. The second-order valence-electron chi connectivity index (χ2n) is 4.86. The van der Waals surface area contributed by atoms with Crippen LogP contribution in [0.1, 0.15) is 20.8 Å². The van der Waals surface area contributed by atoms with Gasteiger partial charge in [-0.3, -0.25) is 4.79 Å². The van der Waals surface area contributed by atoms with Crippen LogP contribution >= 0.6 is 0 Å². The van der Waals surface area contributed by atoms with Crippen molar-refractivity contribution >= 4 is 5.91 Å². The standard InChI is InChI=1S/C12H24N2O2/c1-9(2)14(5-6-16-4)12(15)11-8-13-7-10(11)3/h9-11,13H,5-8H2,1-4H3/t10-,11-/m1/s1. The average molecular weight is 228 g/mol. The van der Waals surface area contributed by atoms with Gasteiger partial charge in [0.25, 0.3) is 0 Å². The zero-order valence-electron chi connectivity index (χ0n) is 10.8. The van der Waals surface area contributed by atoms with Gasteiger partial charge in [0.05, 0.1) is 12.5 Å². The fraction of sp³-hybridized carbons (Fsp3) is 0.917. The Morgan fingerprint density at radius 3 is 2.62 bits per heavy atom. The Hall–Kier alpha value is -0.610. The number of nitrogens with zero attached hydrogens (tertiary/aromatic N) is 1. The molecule has 1 aliphatic rings. The van der Waals surface area contributed by atoms with Crippen LogP contribution in [0.25, 0.3) is 0 Å². The molecule has 1 saturated heterocycles. The van der Waals surface area contributed by atoms with Crippen molar-refractivity contribution in [2.24, 2.45) is 11.8 Å². The lowest BCUT2D eigenvalue weighted by atomic mass is 9.96. The molecule has 2 atom stereocenters. The number of nitrogens with one attached hydrogen (secondary N) is 1. The van der Waals surface area contributed by atoms with Crippen molar-refractivity contribution in [3.8, 4) is 0 Å². The minimum Gasteiger partial charge on any atom is -0.383 e. The zero-order chi connectivity index (χ0) is 12.1. The molecule has 0 aromatic heterocycles. The third-order valence-electron chi connectivity index (χ3n) is 3.28. The van der Waals surface area contributed by atoms with Crippen LogP contribution in [-0.4, -0.2) is 50.2 Å². The molecule has 0 aromatic carbocycles. The third-order valence-corrected chi connectivity index (χ3v) is 3.28. The van der Waals surface area contributed by atoms with Gasteiger partial charge in [-0.1, -0.05) is 6.92 Å². The number of amides is 1. The summed E-state index contributed by atoms with van der Waals surface area (Å²) in [5, 5.41) is 3.27. The first-order chi connectivity index (χ1) is 7.57. The van der Waals surface area contributed by atoms with E-state index in [1.54, 1.807) is 7.11 Å². The Labute approximate surface area is 98.3 Å². The maximum Gasteiger partial charge on any atom is 0.227 e. The highest BCUT2D eigenvalue weighted by atomic mass is 16.5. The number of carbonyl (C=O) groups is 1. The van der Waals surface area contributed by atoms with E-state index in [0.717, 1.165) is 13.1 Å². The molecule has 1 fully saturated rings. The van der Waals surface area contributed by atoms with Crippen molar-refractivity contribution in [3.63, 3.8) is 0 Å². The Morgan fingerprint density at radius 1 is 1.50 bits per heavy atom. The lowest BCUT2D eigenvalue weighted by Gasteiger charge is -2.30. The number of carbonyl (C=O) groups excluding carboxylic acids is 1. The Balaban J connectivity index is 2.59. The topological polar surface area (TPSA) is 41.6 Å². The van der Waals surface area contributed by atoms with Crippen molar-refractivity contribution in [2.45, 2.75) is 26.8 Å². The van der Waals surface area contributed by atoms with Gasteiger partial charge in [-0.25, -0.2) is 0 Å². The van der Waals surface area contributed by atoms with E-state index in [1.165, 1.54) is 0 Å². The lowest BCUT2D eigenvalue weighted by molar-refractivity contribution is -0.138. The summed E-state index contributed by atoms with van der Waals surface area (Å²) < 4.78 is 5.05. The van der Waals surface area contributed by atoms with E-state index < -0.39 is 0 Å². The third kappa shape index (κ3) is 3.19. The highest BCUT2D eigenvalue weighted by Crippen LogP contribution is 2.19. The Morgan fingerprint density at radius 2 is 2.19 bits per heavy atom. The predicted octanol–water partition coefficient (Wildman–Crippen LogP) is 0.725. The van der Waals surface area contributed by atoms with Crippen LogP contribution in [0.5, 0.6) is 0 Å². The van der Waals surface area contributed by atoms with Gasteiger partial charge in [-0.15, -0.1) is 0 Å². The van der Waals surface area contributed by atoms with Crippen LogP contribution in [0.2, 0.25) is 0 Å². The minimum atomic E-state index is 0.138. The van der Waals surface area contributed by atoms with Gasteiger partial charge in [-0.2, -0.15) is 0 Å². The number of methoxy groups -OCH3 is 1. The van der Waals surface area contributed by atoms with E-state index in [9.17, 15) is 4.79 Å². The van der Waals surface area contributed by atoms with E-state index >= 15 is 0 Å². The van der Waals surface area contributed by atoms with Gasteiger partial charge in [0, 0.05) is 26.2 Å². The first-order valence-corrected chi connectivity index (χ1v) is 6.08. The number of hydrogen-bond acceptors (Lipinski definition) is 3. The van der Waals surface area contributed by atoms with Gasteiger partial charge in [-0.05, 0) is 26.3 Å². The van der Waals surface area contributed by atoms with Crippen LogP contribution < -0.4 is 5.32 Å². The second kappa shape index (κ2) is 6.21. The van der Waals surface area contributed by atoms with Crippen molar-refractivity contribution in [1.82, 2.24) is 10.2 Å². The molecule has 0 bridgehead atoms. The summed E-state index contributed by atoms with van der Waals surface area (Å²) in [4.78, 5) is 14.3. The van der Waals surface area contributed by atoms with E-state index in [-0.39, 0.29) is 17.9 Å². The normalized spacial score (nSPS) is 25.1. The zero-order valence-corrected chi connectivity index (χ0v) is 10.8. The smallest absolute Gasteiger partial charge is 0.227 e. The SMILES string of the molecule is COCCN(C(=O)[C@@H]1CNC[C@H]1C)C(C)C. The summed E-state index contributed by atoms with van der Waals surface area (Å²) in [7, 11) is 1.67. The molecular weight excluding hydrogens is 204 g/mol. The molecule has 1 rings (SSSR count). The fourth-order valence-electron chi connectivity index (χ4n) is 2.17. The summed E-state index contributed by atoms with van der Waals surface area (Å²) in [5.74, 6) is 0.847. The van der Waals surface area contributed by atoms with Gasteiger partial charge in [0.15, 0.2) is 0 Å². The lowest BCUT2D eigenvalue weighted by Crippen LogP contribution is -2.44. The quantitative estimate of drug-likeness (QED) is 0.754. The van der Waals surface area contributed by atoms with Crippen molar-refractivity contribution < 1.29 is 9.53 Å².